The van der Waals surface area contributed by atoms with E-state index in [0.29, 0.717) is 31.1 Å². The molecule has 0 radical (unpaired) electrons. The van der Waals surface area contributed by atoms with Crippen molar-refractivity contribution >= 4 is 17.3 Å². The summed E-state index contributed by atoms with van der Waals surface area (Å²) in [6, 6.07) is 4.68. The highest BCUT2D eigenvalue weighted by Crippen LogP contribution is 2.18. The van der Waals surface area contributed by atoms with Crippen LogP contribution >= 0.6 is 0 Å². The van der Waals surface area contributed by atoms with Crippen molar-refractivity contribution in [1.29, 1.82) is 0 Å². The number of nitrogen functional groups attached to an aromatic ring is 1. The molecule has 0 aliphatic rings. The Kier molecular flexibility index (Phi) is 6.11. The molecule has 0 aromatic heterocycles. The third-order valence-corrected chi connectivity index (χ3v) is 2.52. The summed E-state index contributed by atoms with van der Waals surface area (Å²) in [5.74, 6) is -0.976. The van der Waals surface area contributed by atoms with Gasteiger partial charge in [-0.1, -0.05) is 0 Å². The maximum Gasteiger partial charge on any atom is 0.337 e. The molecule has 0 heterocycles. The quantitative estimate of drug-likeness (QED) is 0.480. The first kappa shape index (κ1) is 15.3. The number of anilines is 2. The lowest BCUT2D eigenvalue weighted by Gasteiger charge is -2.12. The Morgan fingerprint density at radius 1 is 1.42 bits per heavy atom. The first-order chi connectivity index (χ1) is 9.00. The summed E-state index contributed by atoms with van der Waals surface area (Å²) in [5, 5.41) is 12.1. The number of carbonyl (C=O) groups is 1. The van der Waals surface area contributed by atoms with Gasteiger partial charge in [0.2, 0.25) is 0 Å². The third kappa shape index (κ3) is 5.58. The number of likely N-dealkylation sites (N-methyl/N-ethyl adjacent to an activating group) is 1. The van der Waals surface area contributed by atoms with Gasteiger partial charge in [-0.25, -0.2) is 4.79 Å². The van der Waals surface area contributed by atoms with Crippen molar-refractivity contribution in [3.05, 3.63) is 23.8 Å². The van der Waals surface area contributed by atoms with Crippen molar-refractivity contribution in [2.45, 2.75) is 0 Å². The highest BCUT2D eigenvalue weighted by molar-refractivity contribution is 5.95. The largest absolute Gasteiger partial charge is 0.478 e. The molecule has 19 heavy (non-hydrogen) atoms. The average Bonchev–Trinajstić information content (AvgIpc) is 2.33. The van der Waals surface area contributed by atoms with Crippen LogP contribution in [0.3, 0.4) is 0 Å². The molecule has 0 spiro atoms. The first-order valence-electron chi connectivity index (χ1n) is 6.10. The third-order valence-electron chi connectivity index (χ3n) is 2.52. The van der Waals surface area contributed by atoms with Gasteiger partial charge in [-0.2, -0.15) is 0 Å². The fourth-order valence-electron chi connectivity index (χ4n) is 1.50. The minimum Gasteiger partial charge on any atom is -0.478 e. The number of benzene rings is 1. The van der Waals surface area contributed by atoms with Crippen LogP contribution in [0.15, 0.2) is 18.2 Å². The molecule has 0 saturated heterocycles. The number of nitrogens with one attached hydrogen (secondary N) is 1. The minimum absolute atomic E-state index is 0.211. The van der Waals surface area contributed by atoms with Gasteiger partial charge in [0.25, 0.3) is 0 Å². The molecule has 0 amide bonds. The van der Waals surface area contributed by atoms with Gasteiger partial charge in [-0.3, -0.25) is 0 Å². The fraction of sp³-hybridized carbons (Fsp3) is 0.462. The van der Waals surface area contributed by atoms with Crippen molar-refractivity contribution in [3.8, 4) is 0 Å². The Morgan fingerprint density at radius 3 is 2.79 bits per heavy atom. The maximum absolute atomic E-state index is 11.0. The van der Waals surface area contributed by atoms with Crippen LogP contribution < -0.4 is 11.1 Å². The lowest BCUT2D eigenvalue weighted by Crippen LogP contribution is -2.20. The summed E-state index contributed by atoms with van der Waals surface area (Å²) in [6.07, 6.45) is 0. The predicted octanol–water partition coefficient (Wildman–Crippen LogP) is 0.957. The van der Waals surface area contributed by atoms with E-state index < -0.39 is 5.97 Å². The number of hydrogen-bond donors (Lipinski definition) is 3. The van der Waals surface area contributed by atoms with E-state index in [9.17, 15) is 4.79 Å². The highest BCUT2D eigenvalue weighted by atomic mass is 16.5. The Balaban J connectivity index is 2.40. The van der Waals surface area contributed by atoms with Crippen molar-refractivity contribution in [2.24, 2.45) is 0 Å². The molecule has 0 saturated carbocycles. The molecule has 0 unspecified atom stereocenters. The van der Waals surface area contributed by atoms with Crippen LogP contribution in [0.1, 0.15) is 10.4 Å². The normalized spacial score (nSPS) is 10.7. The van der Waals surface area contributed by atoms with E-state index in [1.54, 1.807) is 12.1 Å². The summed E-state index contributed by atoms with van der Waals surface area (Å²) in [6.45, 7) is 2.56. The van der Waals surface area contributed by atoms with Gasteiger partial charge in [-0.15, -0.1) is 0 Å². The van der Waals surface area contributed by atoms with Gasteiger partial charge in [0.15, 0.2) is 0 Å². The SMILES string of the molecule is CN(C)CCOCCNc1cc(N)ccc1C(=O)O. The van der Waals surface area contributed by atoms with E-state index in [4.69, 9.17) is 15.6 Å². The van der Waals surface area contributed by atoms with Crippen molar-refractivity contribution in [3.63, 3.8) is 0 Å². The Morgan fingerprint density at radius 2 is 2.16 bits per heavy atom. The molecule has 0 fully saturated rings. The van der Waals surface area contributed by atoms with Gasteiger partial charge in [0.05, 0.1) is 24.5 Å². The van der Waals surface area contributed by atoms with Crippen molar-refractivity contribution < 1.29 is 14.6 Å². The van der Waals surface area contributed by atoms with E-state index >= 15 is 0 Å². The lowest BCUT2D eigenvalue weighted by molar-refractivity contribution is 0.0697. The number of nitrogens with two attached hydrogens (primary N) is 1. The molecule has 6 nitrogen and oxygen atoms in total. The number of rotatable bonds is 8. The van der Waals surface area contributed by atoms with Gasteiger partial charge in [0.1, 0.15) is 0 Å². The summed E-state index contributed by atoms with van der Waals surface area (Å²) < 4.78 is 5.41. The molecule has 106 valence electrons. The number of nitrogens with zero attached hydrogens (tertiary/aromatic N) is 1. The molecular weight excluding hydrogens is 246 g/mol. The van der Waals surface area contributed by atoms with Crippen LogP contribution in [0, 0.1) is 0 Å². The molecule has 1 aromatic rings. The molecule has 6 heteroatoms. The average molecular weight is 267 g/mol. The Bertz CT molecular complexity index is 422. The van der Waals surface area contributed by atoms with Gasteiger partial charge >= 0.3 is 5.97 Å². The van der Waals surface area contributed by atoms with Crippen molar-refractivity contribution in [1.82, 2.24) is 4.90 Å². The maximum atomic E-state index is 11.0. The van der Waals surface area contributed by atoms with E-state index in [1.807, 2.05) is 19.0 Å². The fourth-order valence-corrected chi connectivity index (χ4v) is 1.50. The van der Waals surface area contributed by atoms with Crippen LogP contribution in [-0.2, 0) is 4.74 Å². The van der Waals surface area contributed by atoms with Crippen LogP contribution in [0.2, 0.25) is 0 Å². The number of aromatic carboxylic acids is 1. The zero-order valence-corrected chi connectivity index (χ0v) is 11.3. The Hall–Kier alpha value is -1.79. The molecule has 0 atom stereocenters. The van der Waals surface area contributed by atoms with Gasteiger partial charge in [0, 0.05) is 18.8 Å². The summed E-state index contributed by atoms with van der Waals surface area (Å²) in [5.41, 5.74) is 6.90. The molecule has 0 aliphatic heterocycles. The first-order valence-corrected chi connectivity index (χ1v) is 6.10. The molecule has 1 rings (SSSR count). The predicted molar refractivity (Wildman–Crippen MR) is 75.7 cm³/mol. The molecule has 4 N–H and O–H groups in total. The number of carboxylic acids is 1. The minimum atomic E-state index is -0.976. The summed E-state index contributed by atoms with van der Waals surface area (Å²) in [4.78, 5) is 13.1. The van der Waals surface area contributed by atoms with Crippen LogP contribution in [0.25, 0.3) is 0 Å². The number of hydrogen-bond acceptors (Lipinski definition) is 5. The topological polar surface area (TPSA) is 87.8 Å². The molecule has 0 aliphatic carbocycles. The van der Waals surface area contributed by atoms with Crippen LogP contribution in [0.5, 0.6) is 0 Å². The van der Waals surface area contributed by atoms with Gasteiger partial charge in [-0.05, 0) is 32.3 Å². The monoisotopic (exact) mass is 267 g/mol. The van der Waals surface area contributed by atoms with Crippen LogP contribution in [0.4, 0.5) is 11.4 Å². The number of ether oxygens (including phenoxy) is 1. The second-order valence-corrected chi connectivity index (χ2v) is 4.45. The number of carboxylic acid groups (broad SMARTS) is 1. The van der Waals surface area contributed by atoms with E-state index in [0.717, 1.165) is 6.54 Å². The molecular formula is C13H21N3O3. The summed E-state index contributed by atoms with van der Waals surface area (Å²) >= 11 is 0. The second-order valence-electron chi connectivity index (χ2n) is 4.45. The lowest BCUT2D eigenvalue weighted by atomic mass is 10.1. The molecule has 0 bridgehead atoms. The second kappa shape index (κ2) is 7.60. The molecule has 1 aromatic carbocycles. The van der Waals surface area contributed by atoms with Crippen LogP contribution in [-0.4, -0.2) is 56.4 Å². The van der Waals surface area contributed by atoms with E-state index in [2.05, 4.69) is 5.32 Å². The zero-order chi connectivity index (χ0) is 14.3. The smallest absolute Gasteiger partial charge is 0.337 e. The summed E-state index contributed by atoms with van der Waals surface area (Å²) in [7, 11) is 3.96. The zero-order valence-electron chi connectivity index (χ0n) is 11.3. The highest BCUT2D eigenvalue weighted by Gasteiger charge is 2.09. The van der Waals surface area contributed by atoms with Gasteiger partial charge < -0.3 is 25.8 Å². The van der Waals surface area contributed by atoms with Crippen molar-refractivity contribution in [2.75, 3.05) is 51.4 Å². The van der Waals surface area contributed by atoms with E-state index in [1.165, 1.54) is 6.07 Å². The Labute approximate surface area is 113 Å². The standard InChI is InChI=1S/C13H21N3O3/c1-16(2)6-8-19-7-5-15-12-9-10(14)3-4-11(12)13(17)18/h3-4,9,15H,5-8,14H2,1-2H3,(H,17,18). The van der Waals surface area contributed by atoms with E-state index in [-0.39, 0.29) is 5.56 Å².